The van der Waals surface area contributed by atoms with E-state index >= 15 is 0 Å². The van der Waals surface area contributed by atoms with E-state index in [1.807, 2.05) is 5.38 Å². The van der Waals surface area contributed by atoms with Crippen molar-refractivity contribution in [1.29, 1.82) is 0 Å². The fourth-order valence-corrected chi connectivity index (χ4v) is 3.81. The molecule has 0 spiro atoms. The van der Waals surface area contributed by atoms with Crippen LogP contribution in [0.25, 0.3) is 6.08 Å². The molecule has 1 aromatic heterocycles. The highest BCUT2D eigenvalue weighted by atomic mass is 32.1. The van der Waals surface area contributed by atoms with Gasteiger partial charge in [-0.1, -0.05) is 0 Å². The summed E-state index contributed by atoms with van der Waals surface area (Å²) in [5.74, 6) is -0.298. The molecule has 1 saturated heterocycles. The van der Waals surface area contributed by atoms with Crippen LogP contribution in [0.5, 0.6) is 0 Å². The Balaban J connectivity index is 1.52. The van der Waals surface area contributed by atoms with Gasteiger partial charge in [-0.25, -0.2) is 4.98 Å². The van der Waals surface area contributed by atoms with Gasteiger partial charge in [-0.2, -0.15) is 0 Å². The number of anilines is 1. The number of carbonyl (C=O) groups excluding carboxylic acids is 1. The van der Waals surface area contributed by atoms with Crippen molar-refractivity contribution < 1.29 is 14.5 Å². The molecule has 1 aliphatic heterocycles. The van der Waals surface area contributed by atoms with E-state index in [1.54, 1.807) is 18.2 Å². The van der Waals surface area contributed by atoms with Crippen LogP contribution >= 0.6 is 11.3 Å². The van der Waals surface area contributed by atoms with Crippen molar-refractivity contribution >= 4 is 34.1 Å². The Hall–Kier alpha value is -2.62. The van der Waals surface area contributed by atoms with Crippen molar-refractivity contribution in [2.75, 3.05) is 18.4 Å². The highest BCUT2D eigenvalue weighted by molar-refractivity contribution is 7.13. The number of hydrogen-bond donors (Lipinski definition) is 1. The number of nitrogens with one attached hydrogen (secondary N) is 1. The Morgan fingerprint density at radius 2 is 2.04 bits per heavy atom. The predicted octanol–water partition coefficient (Wildman–Crippen LogP) is 3.31. The molecule has 28 heavy (non-hydrogen) atoms. The number of hydrogen-bond acceptors (Lipinski definition) is 7. The summed E-state index contributed by atoms with van der Waals surface area (Å²) in [6.07, 6.45) is 3.38. The molecule has 1 N–H and O–H groups in total. The quantitative estimate of drug-likeness (QED) is 0.452. The zero-order valence-corrected chi connectivity index (χ0v) is 16.5. The number of nitro benzene ring substituents is 1. The number of ether oxygens (including phenoxy) is 1. The second-order valence-electron chi connectivity index (χ2n) is 6.77. The predicted molar refractivity (Wildman–Crippen MR) is 108 cm³/mol. The molecule has 0 bridgehead atoms. The average Bonchev–Trinajstić information content (AvgIpc) is 3.06. The number of nitro groups is 1. The van der Waals surface area contributed by atoms with Crippen LogP contribution in [0.2, 0.25) is 0 Å². The van der Waals surface area contributed by atoms with Gasteiger partial charge in [0.1, 0.15) is 0 Å². The molecule has 2 atom stereocenters. The van der Waals surface area contributed by atoms with Gasteiger partial charge in [0.05, 0.1) is 22.8 Å². The van der Waals surface area contributed by atoms with Crippen LogP contribution in [0.4, 0.5) is 10.8 Å². The van der Waals surface area contributed by atoms with Crippen LogP contribution in [0.1, 0.15) is 25.1 Å². The molecule has 0 aliphatic carbocycles. The van der Waals surface area contributed by atoms with Crippen LogP contribution in [0.3, 0.4) is 0 Å². The maximum absolute atomic E-state index is 12.1. The fraction of sp³-hybridized carbons (Fsp3) is 0.368. The summed E-state index contributed by atoms with van der Waals surface area (Å²) in [7, 11) is 0. The van der Waals surface area contributed by atoms with Gasteiger partial charge in [0.15, 0.2) is 5.13 Å². The van der Waals surface area contributed by atoms with Crippen molar-refractivity contribution in [2.45, 2.75) is 32.6 Å². The summed E-state index contributed by atoms with van der Waals surface area (Å²) >= 11 is 1.39. The van der Waals surface area contributed by atoms with Crippen molar-refractivity contribution in [3.8, 4) is 0 Å². The Labute approximate surface area is 167 Å². The van der Waals surface area contributed by atoms with Gasteiger partial charge < -0.3 is 4.74 Å². The van der Waals surface area contributed by atoms with Crippen LogP contribution in [0, 0.1) is 10.1 Å². The molecule has 1 aromatic carbocycles. The molecule has 1 fully saturated rings. The highest BCUT2D eigenvalue weighted by Crippen LogP contribution is 2.19. The highest BCUT2D eigenvalue weighted by Gasteiger charge is 2.22. The first-order chi connectivity index (χ1) is 13.4. The number of thiazole rings is 1. The first-order valence-corrected chi connectivity index (χ1v) is 9.83. The van der Waals surface area contributed by atoms with Crippen LogP contribution < -0.4 is 5.32 Å². The second-order valence-corrected chi connectivity index (χ2v) is 7.62. The number of non-ortho nitro benzene ring substituents is 1. The Bertz CT molecular complexity index is 855. The van der Waals surface area contributed by atoms with E-state index in [0.717, 1.165) is 25.3 Å². The molecule has 9 heteroatoms. The molecule has 0 saturated carbocycles. The first-order valence-electron chi connectivity index (χ1n) is 8.95. The Kier molecular flexibility index (Phi) is 6.50. The summed E-state index contributed by atoms with van der Waals surface area (Å²) in [6, 6.07) is 5.98. The van der Waals surface area contributed by atoms with Crippen molar-refractivity contribution in [3.05, 3.63) is 57.1 Å². The van der Waals surface area contributed by atoms with Gasteiger partial charge in [-0.05, 0) is 37.6 Å². The summed E-state index contributed by atoms with van der Waals surface area (Å²) in [5.41, 5.74) is 1.64. The second kappa shape index (κ2) is 9.05. The molecule has 0 radical (unpaired) electrons. The summed E-state index contributed by atoms with van der Waals surface area (Å²) in [5, 5.41) is 15.9. The summed E-state index contributed by atoms with van der Waals surface area (Å²) in [6.45, 7) is 6.57. The van der Waals surface area contributed by atoms with E-state index in [2.05, 4.69) is 29.0 Å². The minimum Gasteiger partial charge on any atom is -0.373 e. The maximum atomic E-state index is 12.1. The van der Waals surface area contributed by atoms with Crippen molar-refractivity contribution in [2.24, 2.45) is 0 Å². The van der Waals surface area contributed by atoms with E-state index in [9.17, 15) is 14.9 Å². The smallest absolute Gasteiger partial charge is 0.269 e. The van der Waals surface area contributed by atoms with Crippen LogP contribution in [-0.2, 0) is 16.1 Å². The third-order valence-corrected chi connectivity index (χ3v) is 5.00. The van der Waals surface area contributed by atoms with E-state index in [-0.39, 0.29) is 23.8 Å². The third-order valence-electron chi connectivity index (χ3n) is 4.19. The lowest BCUT2D eigenvalue weighted by Gasteiger charge is -2.34. The molecule has 148 valence electrons. The lowest BCUT2D eigenvalue weighted by molar-refractivity contribution is -0.384. The number of amides is 1. The van der Waals surface area contributed by atoms with Gasteiger partial charge in [-0.3, -0.25) is 25.1 Å². The minimum absolute atomic E-state index is 0.0148. The van der Waals surface area contributed by atoms with Gasteiger partial charge >= 0.3 is 0 Å². The zero-order valence-electron chi connectivity index (χ0n) is 15.7. The number of carbonyl (C=O) groups is 1. The summed E-state index contributed by atoms with van der Waals surface area (Å²) in [4.78, 5) is 29.0. The fourth-order valence-electron chi connectivity index (χ4n) is 3.11. The molecular formula is C19H22N4O4S. The lowest BCUT2D eigenvalue weighted by atomic mass is 10.2. The van der Waals surface area contributed by atoms with Crippen molar-refractivity contribution in [1.82, 2.24) is 9.88 Å². The molecule has 8 nitrogen and oxygen atoms in total. The number of benzene rings is 1. The SMILES string of the molecule is CC1CN(Cc2csc(NC(=O)/C=C/c3ccc([N+](=O)[O-])cc3)n2)CC(C)O1. The molecule has 1 amide bonds. The topological polar surface area (TPSA) is 97.6 Å². The monoisotopic (exact) mass is 402 g/mol. The van der Waals surface area contributed by atoms with Gasteiger partial charge in [0.2, 0.25) is 5.91 Å². The number of aromatic nitrogens is 1. The standard InChI is InChI=1S/C19H22N4O4S/c1-13-9-22(10-14(2)27-13)11-16-12-28-19(20-16)21-18(24)8-5-15-3-6-17(7-4-15)23(25)26/h3-8,12-14H,9-11H2,1-2H3,(H,20,21,24)/b8-5+. The molecule has 2 unspecified atom stereocenters. The third kappa shape index (κ3) is 5.69. The molecule has 3 rings (SSSR count). The minimum atomic E-state index is -0.460. The number of morpholine rings is 1. The molecule has 2 heterocycles. The van der Waals surface area contributed by atoms with Crippen LogP contribution in [-0.4, -0.2) is 46.0 Å². The average molecular weight is 402 g/mol. The molecule has 1 aliphatic rings. The zero-order chi connectivity index (χ0) is 20.1. The first kappa shape index (κ1) is 20.1. The van der Waals surface area contributed by atoms with E-state index in [1.165, 1.54) is 29.5 Å². The Morgan fingerprint density at radius 3 is 2.68 bits per heavy atom. The lowest BCUT2D eigenvalue weighted by Crippen LogP contribution is -2.44. The van der Waals surface area contributed by atoms with E-state index in [4.69, 9.17) is 4.74 Å². The van der Waals surface area contributed by atoms with E-state index < -0.39 is 4.92 Å². The number of rotatable bonds is 6. The van der Waals surface area contributed by atoms with Crippen LogP contribution in [0.15, 0.2) is 35.7 Å². The molecule has 2 aromatic rings. The number of nitrogens with zero attached hydrogens (tertiary/aromatic N) is 3. The normalized spacial score (nSPS) is 20.4. The Morgan fingerprint density at radius 1 is 1.36 bits per heavy atom. The van der Waals surface area contributed by atoms with Gasteiger partial charge in [-0.15, -0.1) is 11.3 Å². The largest absolute Gasteiger partial charge is 0.373 e. The van der Waals surface area contributed by atoms with Crippen molar-refractivity contribution in [3.63, 3.8) is 0 Å². The molecular weight excluding hydrogens is 380 g/mol. The van der Waals surface area contributed by atoms with Gasteiger partial charge in [0, 0.05) is 43.2 Å². The van der Waals surface area contributed by atoms with E-state index in [0.29, 0.717) is 10.7 Å². The summed E-state index contributed by atoms with van der Waals surface area (Å²) < 4.78 is 5.74. The maximum Gasteiger partial charge on any atom is 0.269 e. The van der Waals surface area contributed by atoms with Gasteiger partial charge in [0.25, 0.3) is 5.69 Å².